The van der Waals surface area contributed by atoms with Crippen LogP contribution in [0.4, 0.5) is 13.2 Å². The molecular formula is C15H17ClF3NO. The highest BCUT2D eigenvalue weighted by molar-refractivity contribution is 5.88. The van der Waals surface area contributed by atoms with Crippen molar-refractivity contribution in [1.29, 1.82) is 0 Å². The molecule has 2 aromatic rings. The van der Waals surface area contributed by atoms with E-state index in [1.165, 1.54) is 0 Å². The lowest BCUT2D eigenvalue weighted by Crippen LogP contribution is -2.21. The second-order valence-electron chi connectivity index (χ2n) is 4.56. The van der Waals surface area contributed by atoms with Crippen LogP contribution >= 0.6 is 12.4 Å². The minimum Gasteiger partial charge on any atom is -0.494 e. The molecule has 2 N–H and O–H groups in total. The van der Waals surface area contributed by atoms with Crippen molar-refractivity contribution in [3.05, 3.63) is 42.0 Å². The van der Waals surface area contributed by atoms with Gasteiger partial charge in [0.05, 0.1) is 13.0 Å². The largest absolute Gasteiger partial charge is 0.494 e. The Bertz CT molecular complexity index is 601. The van der Waals surface area contributed by atoms with Gasteiger partial charge in [0, 0.05) is 11.6 Å². The van der Waals surface area contributed by atoms with Crippen LogP contribution in [0.2, 0.25) is 0 Å². The van der Waals surface area contributed by atoms with Crippen molar-refractivity contribution in [3.8, 4) is 5.75 Å². The van der Waals surface area contributed by atoms with Crippen LogP contribution in [0.1, 0.15) is 24.9 Å². The highest BCUT2D eigenvalue weighted by Gasteiger charge is 2.32. The van der Waals surface area contributed by atoms with Crippen LogP contribution in [-0.2, 0) is 0 Å². The first-order valence-electron chi connectivity index (χ1n) is 6.39. The molecule has 116 valence electrons. The Morgan fingerprint density at radius 1 is 1.14 bits per heavy atom. The van der Waals surface area contributed by atoms with Gasteiger partial charge in [-0.1, -0.05) is 30.3 Å². The SMILES string of the molecule is CCOc1ccc2ccccc2c1[C@H](N)CC(F)(F)F.Cl. The Labute approximate surface area is 127 Å². The molecule has 2 aromatic carbocycles. The maximum absolute atomic E-state index is 12.6. The molecule has 0 bridgehead atoms. The quantitative estimate of drug-likeness (QED) is 0.893. The van der Waals surface area contributed by atoms with Crippen molar-refractivity contribution in [2.75, 3.05) is 6.61 Å². The number of ether oxygens (including phenoxy) is 1. The molecule has 2 nitrogen and oxygen atoms in total. The summed E-state index contributed by atoms with van der Waals surface area (Å²) in [6.07, 6.45) is -5.37. The van der Waals surface area contributed by atoms with Gasteiger partial charge < -0.3 is 10.5 Å². The van der Waals surface area contributed by atoms with Crippen LogP contribution in [0.3, 0.4) is 0 Å². The number of halogens is 4. The second kappa shape index (κ2) is 7.00. The third-order valence-corrected chi connectivity index (χ3v) is 3.05. The van der Waals surface area contributed by atoms with Crippen LogP contribution in [0.5, 0.6) is 5.75 Å². The molecule has 0 radical (unpaired) electrons. The fraction of sp³-hybridized carbons (Fsp3) is 0.333. The minimum absolute atomic E-state index is 0. The van der Waals surface area contributed by atoms with Gasteiger partial charge in [0.15, 0.2) is 0 Å². The number of hydrogen-bond donors (Lipinski definition) is 1. The molecule has 0 aliphatic carbocycles. The third-order valence-electron chi connectivity index (χ3n) is 3.05. The predicted molar refractivity (Wildman–Crippen MR) is 80.0 cm³/mol. The summed E-state index contributed by atoms with van der Waals surface area (Å²) < 4.78 is 43.2. The fourth-order valence-corrected chi connectivity index (χ4v) is 2.29. The van der Waals surface area contributed by atoms with Crippen molar-refractivity contribution >= 4 is 23.2 Å². The third kappa shape index (κ3) is 4.25. The molecule has 21 heavy (non-hydrogen) atoms. The highest BCUT2D eigenvalue weighted by Crippen LogP contribution is 2.37. The lowest BCUT2D eigenvalue weighted by Gasteiger charge is -2.20. The zero-order chi connectivity index (χ0) is 14.8. The molecule has 0 heterocycles. The van der Waals surface area contributed by atoms with E-state index in [4.69, 9.17) is 10.5 Å². The predicted octanol–water partition coefficient (Wildman–Crippen LogP) is 4.61. The number of rotatable bonds is 4. The Balaban J connectivity index is 0.00000220. The number of fused-ring (bicyclic) bond motifs is 1. The lowest BCUT2D eigenvalue weighted by molar-refractivity contribution is -0.138. The molecule has 0 amide bonds. The maximum Gasteiger partial charge on any atom is 0.390 e. The van der Waals surface area contributed by atoms with Crippen molar-refractivity contribution < 1.29 is 17.9 Å². The van der Waals surface area contributed by atoms with E-state index in [9.17, 15) is 13.2 Å². The first-order chi connectivity index (χ1) is 9.42. The van der Waals surface area contributed by atoms with E-state index in [1.807, 2.05) is 18.2 Å². The standard InChI is InChI=1S/C15H16F3NO.ClH/c1-2-20-13-8-7-10-5-3-4-6-11(10)14(13)12(19)9-15(16,17)18;/h3-8,12H,2,9,19H2,1H3;1H/t12-;/m1./s1. The molecule has 0 saturated heterocycles. The van der Waals surface area contributed by atoms with E-state index in [2.05, 4.69) is 0 Å². The van der Waals surface area contributed by atoms with Crippen LogP contribution in [0, 0.1) is 0 Å². The molecule has 6 heteroatoms. The van der Waals surface area contributed by atoms with E-state index in [-0.39, 0.29) is 12.4 Å². The number of benzene rings is 2. The van der Waals surface area contributed by atoms with Gasteiger partial charge in [-0.3, -0.25) is 0 Å². The van der Waals surface area contributed by atoms with Crippen molar-refractivity contribution in [1.82, 2.24) is 0 Å². The van der Waals surface area contributed by atoms with Gasteiger partial charge in [-0.25, -0.2) is 0 Å². The molecule has 1 atom stereocenters. The molecule has 0 fully saturated rings. The molecule has 0 aliphatic rings. The molecule has 0 aromatic heterocycles. The van der Waals surface area contributed by atoms with E-state index in [1.54, 1.807) is 25.1 Å². The summed E-state index contributed by atoms with van der Waals surface area (Å²) in [5.74, 6) is 0.419. The average molecular weight is 320 g/mol. The summed E-state index contributed by atoms with van der Waals surface area (Å²) >= 11 is 0. The van der Waals surface area contributed by atoms with Crippen molar-refractivity contribution in [2.45, 2.75) is 25.6 Å². The van der Waals surface area contributed by atoms with Crippen molar-refractivity contribution in [2.24, 2.45) is 5.73 Å². The smallest absolute Gasteiger partial charge is 0.390 e. The Morgan fingerprint density at radius 2 is 1.81 bits per heavy atom. The fourth-order valence-electron chi connectivity index (χ4n) is 2.29. The molecule has 0 unspecified atom stereocenters. The van der Waals surface area contributed by atoms with Crippen LogP contribution in [0.25, 0.3) is 10.8 Å². The number of nitrogens with two attached hydrogens (primary N) is 1. The van der Waals surface area contributed by atoms with Gasteiger partial charge in [0.25, 0.3) is 0 Å². The first kappa shape index (κ1) is 17.6. The normalized spacial score (nSPS) is 12.8. The van der Waals surface area contributed by atoms with Gasteiger partial charge >= 0.3 is 6.18 Å². The molecule has 0 saturated carbocycles. The Hall–Kier alpha value is -1.46. The van der Waals surface area contributed by atoms with E-state index in [0.717, 1.165) is 5.39 Å². The highest BCUT2D eigenvalue weighted by atomic mass is 35.5. The van der Waals surface area contributed by atoms with Gasteiger partial charge in [-0.05, 0) is 23.8 Å². The van der Waals surface area contributed by atoms with E-state index < -0.39 is 18.6 Å². The summed E-state index contributed by atoms with van der Waals surface area (Å²) in [7, 11) is 0. The Morgan fingerprint density at radius 3 is 2.43 bits per heavy atom. The molecule has 0 spiro atoms. The van der Waals surface area contributed by atoms with Crippen LogP contribution < -0.4 is 10.5 Å². The number of hydrogen-bond acceptors (Lipinski definition) is 2. The van der Waals surface area contributed by atoms with Gasteiger partial charge in [0.1, 0.15) is 5.75 Å². The van der Waals surface area contributed by atoms with Crippen LogP contribution in [-0.4, -0.2) is 12.8 Å². The maximum atomic E-state index is 12.6. The zero-order valence-electron chi connectivity index (χ0n) is 11.5. The summed E-state index contributed by atoms with van der Waals surface area (Å²) in [5.41, 5.74) is 6.20. The summed E-state index contributed by atoms with van der Waals surface area (Å²) in [4.78, 5) is 0. The van der Waals surface area contributed by atoms with E-state index in [0.29, 0.717) is 23.3 Å². The first-order valence-corrected chi connectivity index (χ1v) is 6.39. The van der Waals surface area contributed by atoms with Gasteiger partial charge in [-0.2, -0.15) is 13.2 Å². The lowest BCUT2D eigenvalue weighted by atomic mass is 9.96. The zero-order valence-corrected chi connectivity index (χ0v) is 12.3. The van der Waals surface area contributed by atoms with E-state index >= 15 is 0 Å². The topological polar surface area (TPSA) is 35.2 Å². The monoisotopic (exact) mass is 319 g/mol. The molecular weight excluding hydrogens is 303 g/mol. The van der Waals surface area contributed by atoms with Gasteiger partial charge in [-0.15, -0.1) is 12.4 Å². The van der Waals surface area contributed by atoms with Crippen molar-refractivity contribution in [3.63, 3.8) is 0 Å². The van der Waals surface area contributed by atoms with Crippen LogP contribution in [0.15, 0.2) is 36.4 Å². The second-order valence-corrected chi connectivity index (χ2v) is 4.56. The summed E-state index contributed by atoms with van der Waals surface area (Å²) in [5, 5.41) is 1.55. The summed E-state index contributed by atoms with van der Waals surface area (Å²) in [6, 6.07) is 9.59. The van der Waals surface area contributed by atoms with Gasteiger partial charge in [0.2, 0.25) is 0 Å². The molecule has 0 aliphatic heterocycles. The Kier molecular flexibility index (Phi) is 5.87. The average Bonchev–Trinajstić information content (AvgIpc) is 2.36. The minimum atomic E-state index is -4.31. The number of alkyl halides is 3. The molecule has 2 rings (SSSR count). The summed E-state index contributed by atoms with van der Waals surface area (Å²) in [6.45, 7) is 2.17.